The van der Waals surface area contributed by atoms with E-state index in [4.69, 9.17) is 0 Å². The highest BCUT2D eigenvalue weighted by Crippen LogP contribution is 2.32. The molecular formula is C17H24N2O3S. The zero-order chi connectivity index (χ0) is 16.8. The summed E-state index contributed by atoms with van der Waals surface area (Å²) in [6, 6.07) is 5.16. The van der Waals surface area contributed by atoms with Crippen LogP contribution < -0.4 is 4.90 Å². The van der Waals surface area contributed by atoms with E-state index in [2.05, 4.69) is 13.8 Å². The lowest BCUT2D eigenvalue weighted by Crippen LogP contribution is -2.42. The highest BCUT2D eigenvalue weighted by Gasteiger charge is 2.33. The summed E-state index contributed by atoms with van der Waals surface area (Å²) in [4.78, 5) is 13.7. The van der Waals surface area contributed by atoms with Crippen LogP contribution in [0.2, 0.25) is 0 Å². The van der Waals surface area contributed by atoms with Crippen molar-refractivity contribution >= 4 is 21.6 Å². The lowest BCUT2D eigenvalue weighted by molar-refractivity contribution is -0.116. The molecule has 1 aromatic rings. The van der Waals surface area contributed by atoms with E-state index in [0.717, 1.165) is 17.7 Å². The number of piperidine rings is 1. The first-order chi connectivity index (χ1) is 10.8. The molecule has 5 nitrogen and oxygen atoms in total. The molecule has 126 valence electrons. The van der Waals surface area contributed by atoms with Crippen molar-refractivity contribution in [3.63, 3.8) is 0 Å². The molecule has 2 aliphatic heterocycles. The molecule has 0 saturated carbocycles. The van der Waals surface area contributed by atoms with Gasteiger partial charge in [0, 0.05) is 32.2 Å². The maximum absolute atomic E-state index is 12.9. The average Bonchev–Trinajstić information content (AvgIpc) is 2.89. The van der Waals surface area contributed by atoms with Crippen molar-refractivity contribution in [2.24, 2.45) is 11.8 Å². The van der Waals surface area contributed by atoms with Crippen LogP contribution in [0.25, 0.3) is 0 Å². The third kappa shape index (κ3) is 3.02. The van der Waals surface area contributed by atoms with Gasteiger partial charge in [-0.1, -0.05) is 13.8 Å². The van der Waals surface area contributed by atoms with E-state index in [9.17, 15) is 13.2 Å². The monoisotopic (exact) mass is 336 g/mol. The molecule has 2 atom stereocenters. The fraction of sp³-hybridized carbons (Fsp3) is 0.588. The molecule has 0 unspecified atom stereocenters. The van der Waals surface area contributed by atoms with Gasteiger partial charge in [-0.25, -0.2) is 8.42 Å². The number of carbonyl (C=O) groups is 1. The maximum atomic E-state index is 12.9. The molecule has 1 aromatic carbocycles. The molecule has 0 aromatic heterocycles. The van der Waals surface area contributed by atoms with Gasteiger partial charge in [-0.2, -0.15) is 4.31 Å². The van der Waals surface area contributed by atoms with E-state index in [1.807, 2.05) is 0 Å². The topological polar surface area (TPSA) is 57.7 Å². The molecule has 0 N–H and O–H groups in total. The third-order valence-corrected chi connectivity index (χ3v) is 6.63. The largest absolute Gasteiger partial charge is 0.312 e. The van der Waals surface area contributed by atoms with E-state index in [1.54, 1.807) is 27.4 Å². The van der Waals surface area contributed by atoms with Gasteiger partial charge < -0.3 is 4.90 Å². The summed E-state index contributed by atoms with van der Waals surface area (Å²) in [5, 5.41) is 0. The Morgan fingerprint density at radius 3 is 2.43 bits per heavy atom. The van der Waals surface area contributed by atoms with Crippen LogP contribution in [-0.4, -0.2) is 38.3 Å². The Kier molecular flexibility index (Phi) is 4.23. The fourth-order valence-corrected chi connectivity index (χ4v) is 5.55. The number of anilines is 1. The second-order valence-corrected chi connectivity index (χ2v) is 8.92. The van der Waals surface area contributed by atoms with Crippen LogP contribution in [0.1, 0.15) is 32.8 Å². The van der Waals surface area contributed by atoms with Gasteiger partial charge >= 0.3 is 0 Å². The van der Waals surface area contributed by atoms with Crippen molar-refractivity contribution in [1.82, 2.24) is 4.31 Å². The highest BCUT2D eigenvalue weighted by atomic mass is 32.2. The number of nitrogens with zero attached hydrogens (tertiary/aromatic N) is 2. The van der Waals surface area contributed by atoms with Crippen LogP contribution in [0, 0.1) is 11.8 Å². The van der Waals surface area contributed by atoms with Crippen molar-refractivity contribution in [3.8, 4) is 0 Å². The van der Waals surface area contributed by atoms with Crippen molar-refractivity contribution in [3.05, 3.63) is 23.8 Å². The molecule has 6 heteroatoms. The van der Waals surface area contributed by atoms with Gasteiger partial charge in [-0.3, -0.25) is 4.79 Å². The van der Waals surface area contributed by atoms with Gasteiger partial charge in [0.1, 0.15) is 0 Å². The maximum Gasteiger partial charge on any atom is 0.243 e. The molecule has 0 radical (unpaired) electrons. The molecular weight excluding hydrogens is 312 g/mol. The molecule has 0 bridgehead atoms. The third-order valence-electron chi connectivity index (χ3n) is 4.80. The molecule has 1 fully saturated rings. The summed E-state index contributed by atoms with van der Waals surface area (Å²) >= 11 is 0. The smallest absolute Gasteiger partial charge is 0.243 e. The Hall–Kier alpha value is -1.40. The number of benzene rings is 1. The second-order valence-electron chi connectivity index (χ2n) is 6.98. The average molecular weight is 336 g/mol. The number of hydrogen-bond donors (Lipinski definition) is 0. The fourth-order valence-electron chi connectivity index (χ4n) is 3.82. The Balaban J connectivity index is 1.91. The minimum Gasteiger partial charge on any atom is -0.312 e. The molecule has 0 spiro atoms. The van der Waals surface area contributed by atoms with Gasteiger partial charge in [0.15, 0.2) is 0 Å². The van der Waals surface area contributed by atoms with Crippen LogP contribution in [0.15, 0.2) is 23.1 Å². The minimum absolute atomic E-state index is 0.00182. The van der Waals surface area contributed by atoms with E-state index >= 15 is 0 Å². The van der Waals surface area contributed by atoms with Crippen LogP contribution in [0.3, 0.4) is 0 Å². The predicted molar refractivity (Wildman–Crippen MR) is 89.9 cm³/mol. The Morgan fingerprint density at radius 1 is 1.17 bits per heavy atom. The Labute approximate surface area is 138 Å². The first-order valence-corrected chi connectivity index (χ1v) is 9.64. The first-order valence-electron chi connectivity index (χ1n) is 8.20. The van der Waals surface area contributed by atoms with Gasteiger partial charge in [0.25, 0.3) is 0 Å². The van der Waals surface area contributed by atoms with Crippen LogP contribution in [-0.2, 0) is 21.2 Å². The number of hydrogen-bond acceptors (Lipinski definition) is 3. The van der Waals surface area contributed by atoms with E-state index in [0.29, 0.717) is 42.8 Å². The zero-order valence-electron chi connectivity index (χ0n) is 13.9. The normalized spacial score (nSPS) is 25.4. The molecule has 2 aliphatic rings. The molecule has 2 heterocycles. The predicted octanol–water partition coefficient (Wildman–Crippen LogP) is 2.26. The molecule has 0 aliphatic carbocycles. The van der Waals surface area contributed by atoms with Crippen LogP contribution in [0.4, 0.5) is 5.69 Å². The minimum atomic E-state index is -3.46. The van der Waals surface area contributed by atoms with Crippen LogP contribution in [0.5, 0.6) is 0 Å². The summed E-state index contributed by atoms with van der Waals surface area (Å²) in [6.07, 6.45) is 1.79. The number of carbonyl (C=O) groups excluding carboxylic acids is 1. The zero-order valence-corrected chi connectivity index (χ0v) is 14.8. The van der Waals surface area contributed by atoms with Crippen molar-refractivity contribution in [2.75, 3.05) is 24.5 Å². The quantitative estimate of drug-likeness (QED) is 0.832. The van der Waals surface area contributed by atoms with Crippen LogP contribution >= 0.6 is 0 Å². The van der Waals surface area contributed by atoms with Crippen molar-refractivity contribution in [2.45, 2.75) is 38.5 Å². The number of rotatable bonds is 2. The number of amides is 1. The molecule has 23 heavy (non-hydrogen) atoms. The van der Waals surface area contributed by atoms with Gasteiger partial charge in [-0.15, -0.1) is 0 Å². The highest BCUT2D eigenvalue weighted by molar-refractivity contribution is 7.89. The summed E-state index contributed by atoms with van der Waals surface area (Å²) in [6.45, 7) is 7.55. The summed E-state index contributed by atoms with van der Waals surface area (Å²) in [5.41, 5.74) is 1.79. The van der Waals surface area contributed by atoms with E-state index < -0.39 is 10.0 Å². The van der Waals surface area contributed by atoms with Crippen molar-refractivity contribution in [1.29, 1.82) is 0 Å². The summed E-state index contributed by atoms with van der Waals surface area (Å²) in [5.74, 6) is 0.769. The Morgan fingerprint density at radius 2 is 1.83 bits per heavy atom. The summed E-state index contributed by atoms with van der Waals surface area (Å²) < 4.78 is 27.5. The van der Waals surface area contributed by atoms with Gasteiger partial charge in [0.05, 0.1) is 4.90 Å². The van der Waals surface area contributed by atoms with Gasteiger partial charge in [-0.05, 0) is 48.4 Å². The van der Waals surface area contributed by atoms with E-state index in [1.165, 1.54) is 6.92 Å². The van der Waals surface area contributed by atoms with Crippen molar-refractivity contribution < 1.29 is 13.2 Å². The second kappa shape index (κ2) is 5.91. The lowest BCUT2D eigenvalue weighted by atomic mass is 9.94. The molecule has 3 rings (SSSR count). The molecule has 1 saturated heterocycles. The first kappa shape index (κ1) is 16.5. The van der Waals surface area contributed by atoms with E-state index in [-0.39, 0.29) is 5.91 Å². The number of sulfonamides is 1. The molecule has 1 amide bonds. The number of fused-ring (bicyclic) bond motifs is 1. The lowest BCUT2D eigenvalue weighted by Gasteiger charge is -2.34. The standard InChI is InChI=1S/C17H24N2O3S/c1-12-8-13(2)11-18(10-12)23(21,22)16-4-5-17-15(9-16)6-7-19(17)14(3)20/h4-5,9,12-13H,6-8,10-11H2,1-3H3/t12-,13-/m1/s1. The Bertz CT molecular complexity index is 719. The summed E-state index contributed by atoms with van der Waals surface area (Å²) in [7, 11) is -3.46. The SMILES string of the molecule is CC(=O)N1CCc2cc(S(=O)(=O)N3C[C@H](C)C[C@@H](C)C3)ccc21. The van der Waals surface area contributed by atoms with Gasteiger partial charge in [0.2, 0.25) is 15.9 Å².